The van der Waals surface area contributed by atoms with E-state index >= 15 is 0 Å². The van der Waals surface area contributed by atoms with Gasteiger partial charge in [-0.2, -0.15) is 0 Å². The molecule has 1 aliphatic carbocycles. The second-order valence-corrected chi connectivity index (χ2v) is 4.34. The van der Waals surface area contributed by atoms with E-state index in [9.17, 15) is 5.11 Å². The maximum absolute atomic E-state index is 10.2. The number of unbranched alkanes of at least 4 members (excludes halogenated alkanes) is 1. The summed E-state index contributed by atoms with van der Waals surface area (Å²) in [7, 11) is 1.99. The molecule has 1 saturated carbocycles. The van der Waals surface area contributed by atoms with Crippen LogP contribution in [0.3, 0.4) is 0 Å². The summed E-state index contributed by atoms with van der Waals surface area (Å²) < 4.78 is 0. The average molecular weight is 195 g/mol. The number of hydrogen-bond donors (Lipinski definition) is 2. The summed E-state index contributed by atoms with van der Waals surface area (Å²) in [4.78, 5) is 0. The van der Waals surface area contributed by atoms with Gasteiger partial charge in [0.2, 0.25) is 0 Å². The van der Waals surface area contributed by atoms with Gasteiger partial charge in [-0.3, -0.25) is 0 Å². The van der Waals surface area contributed by atoms with E-state index in [1.165, 1.54) is 0 Å². The summed E-state index contributed by atoms with van der Waals surface area (Å²) in [6.45, 7) is 0. The standard InChI is InChI=1S/C12H21NO/c1-3-4-5-8-12(14)9-6-11(13-2)7-10-12/h1,11,13-14H,4-10H2,2H3. The van der Waals surface area contributed by atoms with Gasteiger partial charge in [0.15, 0.2) is 0 Å². The molecule has 0 aliphatic heterocycles. The van der Waals surface area contributed by atoms with Crippen LogP contribution in [0.15, 0.2) is 0 Å². The van der Waals surface area contributed by atoms with Crippen LogP contribution in [-0.4, -0.2) is 23.8 Å². The van der Waals surface area contributed by atoms with Gasteiger partial charge in [-0.25, -0.2) is 0 Å². The highest BCUT2D eigenvalue weighted by Crippen LogP contribution is 2.32. The molecule has 0 heterocycles. The summed E-state index contributed by atoms with van der Waals surface area (Å²) in [5, 5.41) is 13.5. The molecule has 0 aromatic rings. The van der Waals surface area contributed by atoms with Crippen molar-refractivity contribution in [3.8, 4) is 12.3 Å². The fraction of sp³-hybridized carbons (Fsp3) is 0.833. The van der Waals surface area contributed by atoms with Crippen molar-refractivity contribution in [2.75, 3.05) is 7.05 Å². The maximum atomic E-state index is 10.2. The van der Waals surface area contributed by atoms with E-state index < -0.39 is 5.60 Å². The Kier molecular flexibility index (Phi) is 4.44. The third kappa shape index (κ3) is 3.32. The highest BCUT2D eigenvalue weighted by atomic mass is 16.3. The molecule has 0 unspecified atom stereocenters. The number of aliphatic hydroxyl groups is 1. The van der Waals surface area contributed by atoms with Crippen molar-refractivity contribution < 1.29 is 5.11 Å². The number of rotatable bonds is 4. The Hall–Kier alpha value is -0.520. The predicted molar refractivity (Wildman–Crippen MR) is 58.9 cm³/mol. The smallest absolute Gasteiger partial charge is 0.0649 e. The lowest BCUT2D eigenvalue weighted by Crippen LogP contribution is -2.40. The summed E-state index contributed by atoms with van der Waals surface area (Å²) in [6.07, 6.45) is 11.8. The third-order valence-electron chi connectivity index (χ3n) is 3.29. The zero-order chi connectivity index (χ0) is 10.4. The summed E-state index contributed by atoms with van der Waals surface area (Å²) >= 11 is 0. The van der Waals surface area contributed by atoms with E-state index in [2.05, 4.69) is 11.2 Å². The fourth-order valence-corrected chi connectivity index (χ4v) is 2.21. The predicted octanol–water partition coefficient (Wildman–Crippen LogP) is 1.68. The van der Waals surface area contributed by atoms with Gasteiger partial charge in [0, 0.05) is 12.5 Å². The van der Waals surface area contributed by atoms with Crippen molar-refractivity contribution in [1.29, 1.82) is 0 Å². The molecule has 1 rings (SSSR count). The first-order valence-corrected chi connectivity index (χ1v) is 5.53. The molecule has 2 N–H and O–H groups in total. The first-order chi connectivity index (χ1) is 6.70. The summed E-state index contributed by atoms with van der Waals surface area (Å²) in [5.41, 5.74) is -0.426. The van der Waals surface area contributed by atoms with Gasteiger partial charge in [0.1, 0.15) is 0 Å². The molecule has 0 atom stereocenters. The Morgan fingerprint density at radius 1 is 1.50 bits per heavy atom. The zero-order valence-electron chi connectivity index (χ0n) is 9.05. The van der Waals surface area contributed by atoms with Crippen molar-refractivity contribution in [3.05, 3.63) is 0 Å². The lowest BCUT2D eigenvalue weighted by Gasteiger charge is -2.36. The molecule has 0 aromatic heterocycles. The molecule has 0 spiro atoms. The van der Waals surface area contributed by atoms with E-state index in [4.69, 9.17) is 6.42 Å². The van der Waals surface area contributed by atoms with Crippen molar-refractivity contribution in [1.82, 2.24) is 5.32 Å². The highest BCUT2D eigenvalue weighted by molar-refractivity contribution is 4.90. The molecule has 1 aliphatic rings. The van der Waals surface area contributed by atoms with Gasteiger partial charge < -0.3 is 10.4 Å². The summed E-state index contributed by atoms with van der Waals surface area (Å²) in [5.74, 6) is 2.62. The van der Waals surface area contributed by atoms with Crippen LogP contribution in [0.2, 0.25) is 0 Å². The highest BCUT2D eigenvalue weighted by Gasteiger charge is 2.31. The minimum Gasteiger partial charge on any atom is -0.390 e. The van der Waals surface area contributed by atoms with Crippen LogP contribution in [0, 0.1) is 12.3 Å². The Morgan fingerprint density at radius 2 is 2.14 bits per heavy atom. The molecule has 80 valence electrons. The molecule has 0 radical (unpaired) electrons. The van der Waals surface area contributed by atoms with E-state index in [-0.39, 0.29) is 0 Å². The lowest BCUT2D eigenvalue weighted by atomic mass is 9.79. The normalized spacial score (nSPS) is 32.5. The SMILES string of the molecule is C#CCCCC1(O)CCC(NC)CC1. The Morgan fingerprint density at radius 3 is 2.64 bits per heavy atom. The van der Waals surface area contributed by atoms with Crippen molar-refractivity contribution >= 4 is 0 Å². The van der Waals surface area contributed by atoms with Crippen LogP contribution in [0.4, 0.5) is 0 Å². The maximum Gasteiger partial charge on any atom is 0.0649 e. The fourth-order valence-electron chi connectivity index (χ4n) is 2.21. The van der Waals surface area contributed by atoms with E-state index in [0.29, 0.717) is 6.04 Å². The minimum absolute atomic E-state index is 0.426. The van der Waals surface area contributed by atoms with E-state index in [1.807, 2.05) is 7.05 Å². The van der Waals surface area contributed by atoms with Crippen molar-refractivity contribution in [2.45, 2.75) is 56.6 Å². The first-order valence-electron chi connectivity index (χ1n) is 5.53. The van der Waals surface area contributed by atoms with Crippen LogP contribution in [0.5, 0.6) is 0 Å². The van der Waals surface area contributed by atoms with Crippen LogP contribution >= 0.6 is 0 Å². The van der Waals surface area contributed by atoms with Gasteiger partial charge in [0.05, 0.1) is 5.60 Å². The van der Waals surface area contributed by atoms with Gasteiger partial charge >= 0.3 is 0 Å². The van der Waals surface area contributed by atoms with E-state index in [1.54, 1.807) is 0 Å². The second kappa shape index (κ2) is 5.38. The molecular formula is C12H21NO. The molecule has 0 saturated heterocycles. The second-order valence-electron chi connectivity index (χ2n) is 4.34. The van der Waals surface area contributed by atoms with Gasteiger partial charge in [-0.1, -0.05) is 0 Å². The van der Waals surface area contributed by atoms with Gasteiger partial charge in [0.25, 0.3) is 0 Å². The number of hydrogen-bond acceptors (Lipinski definition) is 2. The Bertz CT molecular complexity index is 199. The number of nitrogens with one attached hydrogen (secondary N) is 1. The van der Waals surface area contributed by atoms with Gasteiger partial charge in [-0.15, -0.1) is 12.3 Å². The average Bonchev–Trinajstić information content (AvgIpc) is 2.19. The van der Waals surface area contributed by atoms with Crippen LogP contribution in [0.1, 0.15) is 44.9 Å². The molecule has 2 heteroatoms. The lowest BCUT2D eigenvalue weighted by molar-refractivity contribution is -0.0115. The zero-order valence-corrected chi connectivity index (χ0v) is 9.05. The van der Waals surface area contributed by atoms with E-state index in [0.717, 1.165) is 44.9 Å². The molecule has 0 bridgehead atoms. The van der Waals surface area contributed by atoms with Crippen molar-refractivity contribution in [3.63, 3.8) is 0 Å². The monoisotopic (exact) mass is 195 g/mol. The third-order valence-corrected chi connectivity index (χ3v) is 3.29. The molecular weight excluding hydrogens is 174 g/mol. The largest absolute Gasteiger partial charge is 0.390 e. The minimum atomic E-state index is -0.426. The Labute approximate surface area is 87.1 Å². The molecule has 2 nitrogen and oxygen atoms in total. The molecule has 1 fully saturated rings. The quantitative estimate of drug-likeness (QED) is 0.528. The summed E-state index contributed by atoms with van der Waals surface area (Å²) in [6, 6.07) is 0.600. The van der Waals surface area contributed by atoms with Crippen LogP contribution < -0.4 is 5.32 Å². The topological polar surface area (TPSA) is 32.3 Å². The Balaban J connectivity index is 2.27. The van der Waals surface area contributed by atoms with Gasteiger partial charge in [-0.05, 0) is 45.6 Å². The van der Waals surface area contributed by atoms with Crippen LogP contribution in [0.25, 0.3) is 0 Å². The number of terminal acetylenes is 1. The molecule has 0 aromatic carbocycles. The van der Waals surface area contributed by atoms with Crippen molar-refractivity contribution in [2.24, 2.45) is 0 Å². The molecule has 14 heavy (non-hydrogen) atoms. The molecule has 0 amide bonds. The first kappa shape index (κ1) is 11.6. The van der Waals surface area contributed by atoms with Crippen LogP contribution in [-0.2, 0) is 0 Å².